The van der Waals surface area contributed by atoms with Gasteiger partial charge in [0, 0.05) is 6.21 Å². The average molecular weight is 166 g/mol. The topological polar surface area (TPSA) is 24.4 Å². The summed E-state index contributed by atoms with van der Waals surface area (Å²) in [5, 5.41) is 3.05. The van der Waals surface area contributed by atoms with Crippen LogP contribution in [0.1, 0.15) is 26.7 Å². The first-order valence-electron chi connectivity index (χ1n) is 4.45. The van der Waals surface area contributed by atoms with Gasteiger partial charge in [-0.25, -0.2) is 0 Å². The first kappa shape index (κ1) is 11.0. The molecule has 0 atom stereocenters. The molecule has 0 aliphatic rings. The SMILES string of the molecule is CC/C=C\C=NCN/C=C\CC. The summed E-state index contributed by atoms with van der Waals surface area (Å²) in [5.74, 6) is 0. The van der Waals surface area contributed by atoms with E-state index in [1.807, 2.05) is 18.5 Å². The van der Waals surface area contributed by atoms with Gasteiger partial charge < -0.3 is 5.32 Å². The standard InChI is InChI=1S/C10H18N2/c1-3-5-7-9-12-10-11-8-6-4-2/h5-9,11H,3-4,10H2,1-2H3/b7-5-,8-6-,12-9?. The zero-order valence-corrected chi connectivity index (χ0v) is 7.96. The summed E-state index contributed by atoms with van der Waals surface area (Å²) in [7, 11) is 0. The van der Waals surface area contributed by atoms with Gasteiger partial charge in [-0.05, 0) is 25.1 Å². The highest BCUT2D eigenvalue weighted by atomic mass is 15.0. The lowest BCUT2D eigenvalue weighted by molar-refractivity contribution is 0.883. The molecular formula is C10H18N2. The average Bonchev–Trinajstić information content (AvgIpc) is 2.10. The Hall–Kier alpha value is -1.05. The Morgan fingerprint density at radius 3 is 2.58 bits per heavy atom. The minimum absolute atomic E-state index is 0.657. The number of aliphatic imine (C=N–C) groups is 1. The molecule has 0 aromatic rings. The fraction of sp³-hybridized carbons (Fsp3) is 0.500. The van der Waals surface area contributed by atoms with Crippen molar-refractivity contribution in [1.82, 2.24) is 5.32 Å². The summed E-state index contributed by atoms with van der Waals surface area (Å²) >= 11 is 0. The molecule has 0 aliphatic heterocycles. The predicted octanol–water partition coefficient (Wildman–Crippen LogP) is 2.49. The number of rotatable bonds is 6. The zero-order chi connectivity index (χ0) is 9.07. The highest BCUT2D eigenvalue weighted by Gasteiger charge is 1.70. The molecule has 0 spiro atoms. The van der Waals surface area contributed by atoms with Gasteiger partial charge in [0.2, 0.25) is 0 Å². The quantitative estimate of drug-likeness (QED) is 0.476. The molecule has 12 heavy (non-hydrogen) atoms. The molecule has 2 nitrogen and oxygen atoms in total. The summed E-state index contributed by atoms with van der Waals surface area (Å²) in [5.41, 5.74) is 0. The third kappa shape index (κ3) is 8.95. The highest BCUT2D eigenvalue weighted by molar-refractivity contribution is 5.70. The van der Waals surface area contributed by atoms with E-state index in [2.05, 4.69) is 36.3 Å². The van der Waals surface area contributed by atoms with Crippen LogP contribution in [0.2, 0.25) is 0 Å². The monoisotopic (exact) mass is 166 g/mol. The number of nitrogens with one attached hydrogen (secondary N) is 1. The molecule has 2 heteroatoms. The van der Waals surface area contributed by atoms with E-state index < -0.39 is 0 Å². The lowest BCUT2D eigenvalue weighted by Gasteiger charge is -1.90. The van der Waals surface area contributed by atoms with Crippen LogP contribution in [-0.2, 0) is 0 Å². The molecule has 0 saturated heterocycles. The van der Waals surface area contributed by atoms with Crippen LogP contribution < -0.4 is 5.32 Å². The highest BCUT2D eigenvalue weighted by Crippen LogP contribution is 1.77. The third-order valence-electron chi connectivity index (χ3n) is 1.22. The molecule has 0 unspecified atom stereocenters. The molecule has 0 aliphatic carbocycles. The van der Waals surface area contributed by atoms with Gasteiger partial charge in [-0.1, -0.05) is 26.0 Å². The first-order valence-corrected chi connectivity index (χ1v) is 4.45. The van der Waals surface area contributed by atoms with Crippen molar-refractivity contribution in [3.63, 3.8) is 0 Å². The van der Waals surface area contributed by atoms with E-state index in [9.17, 15) is 0 Å². The fourth-order valence-corrected chi connectivity index (χ4v) is 0.617. The molecule has 68 valence electrons. The number of hydrogen-bond acceptors (Lipinski definition) is 2. The van der Waals surface area contributed by atoms with Crippen molar-refractivity contribution in [1.29, 1.82) is 0 Å². The molecule has 0 aromatic heterocycles. The lowest BCUT2D eigenvalue weighted by atomic mass is 10.4. The van der Waals surface area contributed by atoms with Crippen LogP contribution in [-0.4, -0.2) is 12.9 Å². The molecular weight excluding hydrogens is 148 g/mol. The molecule has 1 N–H and O–H groups in total. The van der Waals surface area contributed by atoms with Crippen molar-refractivity contribution in [2.24, 2.45) is 4.99 Å². The summed E-state index contributed by atoms with van der Waals surface area (Å²) in [6.45, 7) is 4.86. The molecule has 0 radical (unpaired) electrons. The van der Waals surface area contributed by atoms with E-state index in [0.29, 0.717) is 6.67 Å². The van der Waals surface area contributed by atoms with Gasteiger partial charge in [0.1, 0.15) is 6.67 Å². The Morgan fingerprint density at radius 2 is 1.92 bits per heavy atom. The van der Waals surface area contributed by atoms with Crippen molar-refractivity contribution in [3.05, 3.63) is 24.4 Å². The Labute approximate surface area is 75.1 Å². The van der Waals surface area contributed by atoms with Crippen molar-refractivity contribution in [2.75, 3.05) is 6.67 Å². The van der Waals surface area contributed by atoms with Gasteiger partial charge in [0.15, 0.2) is 0 Å². The Morgan fingerprint density at radius 1 is 1.17 bits per heavy atom. The van der Waals surface area contributed by atoms with Crippen molar-refractivity contribution < 1.29 is 0 Å². The van der Waals surface area contributed by atoms with Crippen molar-refractivity contribution in [2.45, 2.75) is 26.7 Å². The molecule has 0 saturated carbocycles. The van der Waals surface area contributed by atoms with Crippen LogP contribution in [0.25, 0.3) is 0 Å². The second-order valence-corrected chi connectivity index (χ2v) is 2.34. The van der Waals surface area contributed by atoms with E-state index in [0.717, 1.165) is 12.8 Å². The van der Waals surface area contributed by atoms with Crippen LogP contribution in [0.4, 0.5) is 0 Å². The van der Waals surface area contributed by atoms with Crippen LogP contribution >= 0.6 is 0 Å². The summed E-state index contributed by atoms with van der Waals surface area (Å²) in [4.78, 5) is 4.11. The van der Waals surface area contributed by atoms with Crippen LogP contribution in [0.5, 0.6) is 0 Å². The van der Waals surface area contributed by atoms with Crippen LogP contribution in [0.15, 0.2) is 29.4 Å². The second kappa shape index (κ2) is 9.95. The van der Waals surface area contributed by atoms with Gasteiger partial charge in [0.25, 0.3) is 0 Å². The molecule has 0 aromatic carbocycles. The lowest BCUT2D eigenvalue weighted by Crippen LogP contribution is -2.03. The number of nitrogens with zero attached hydrogens (tertiary/aromatic N) is 1. The predicted molar refractivity (Wildman–Crippen MR) is 55.4 cm³/mol. The minimum atomic E-state index is 0.657. The minimum Gasteiger partial charge on any atom is -0.373 e. The fourth-order valence-electron chi connectivity index (χ4n) is 0.617. The van der Waals surface area contributed by atoms with E-state index in [-0.39, 0.29) is 0 Å². The largest absolute Gasteiger partial charge is 0.373 e. The molecule has 0 amide bonds. The normalized spacial score (nSPS) is 12.2. The summed E-state index contributed by atoms with van der Waals surface area (Å²) < 4.78 is 0. The molecule has 0 rings (SSSR count). The van der Waals surface area contributed by atoms with Gasteiger partial charge in [0.05, 0.1) is 0 Å². The smallest absolute Gasteiger partial charge is 0.107 e. The maximum absolute atomic E-state index is 4.11. The molecule has 0 bridgehead atoms. The van der Waals surface area contributed by atoms with Crippen molar-refractivity contribution in [3.8, 4) is 0 Å². The maximum Gasteiger partial charge on any atom is 0.107 e. The van der Waals surface area contributed by atoms with E-state index >= 15 is 0 Å². The van der Waals surface area contributed by atoms with E-state index in [1.165, 1.54) is 0 Å². The van der Waals surface area contributed by atoms with Gasteiger partial charge >= 0.3 is 0 Å². The maximum atomic E-state index is 4.11. The first-order chi connectivity index (χ1) is 5.91. The van der Waals surface area contributed by atoms with Crippen LogP contribution in [0.3, 0.4) is 0 Å². The van der Waals surface area contributed by atoms with E-state index in [4.69, 9.17) is 0 Å². The van der Waals surface area contributed by atoms with Gasteiger partial charge in [-0.2, -0.15) is 0 Å². The van der Waals surface area contributed by atoms with Gasteiger partial charge in [-0.15, -0.1) is 0 Å². The van der Waals surface area contributed by atoms with Crippen molar-refractivity contribution >= 4 is 6.21 Å². The van der Waals surface area contributed by atoms with Gasteiger partial charge in [-0.3, -0.25) is 4.99 Å². The van der Waals surface area contributed by atoms with Crippen LogP contribution in [0, 0.1) is 0 Å². The number of hydrogen-bond donors (Lipinski definition) is 1. The molecule has 0 fully saturated rings. The second-order valence-electron chi connectivity index (χ2n) is 2.34. The summed E-state index contributed by atoms with van der Waals surface area (Å²) in [6, 6.07) is 0. The Balaban J connectivity index is 3.24. The van der Waals surface area contributed by atoms with E-state index in [1.54, 1.807) is 0 Å². The number of allylic oxidation sites excluding steroid dienone is 3. The Kier molecular flexibility index (Phi) is 9.08. The third-order valence-corrected chi connectivity index (χ3v) is 1.22. The zero-order valence-electron chi connectivity index (χ0n) is 7.96. The summed E-state index contributed by atoms with van der Waals surface area (Å²) in [6.07, 6.45) is 12.0. The Bertz CT molecular complexity index is 157. The molecule has 0 heterocycles.